The van der Waals surface area contributed by atoms with Crippen molar-refractivity contribution in [3.63, 3.8) is 0 Å². The highest BCUT2D eigenvalue weighted by Gasteiger charge is 2.11. The van der Waals surface area contributed by atoms with E-state index >= 15 is 0 Å². The molecule has 0 aromatic rings. The molecule has 0 aliphatic carbocycles. The molecule has 0 bridgehead atoms. The van der Waals surface area contributed by atoms with Crippen LogP contribution in [0.2, 0.25) is 0 Å². The number of aliphatic carboxylic acids is 1. The van der Waals surface area contributed by atoms with Gasteiger partial charge in [0.2, 0.25) is 0 Å². The lowest BCUT2D eigenvalue weighted by Gasteiger charge is -2.14. The van der Waals surface area contributed by atoms with Crippen molar-refractivity contribution >= 4 is 11.9 Å². The monoisotopic (exact) mass is 657 g/mol. The molecule has 0 aliphatic heterocycles. The summed E-state index contributed by atoms with van der Waals surface area (Å²) in [6.45, 7) is 4.43. The fraction of sp³-hybridized carbons (Fsp3) is 0.767. The van der Waals surface area contributed by atoms with Crippen molar-refractivity contribution in [1.29, 1.82) is 0 Å². The quantitative estimate of drug-likeness (QED) is 0.0414. The summed E-state index contributed by atoms with van der Waals surface area (Å²) in [6, 6.07) is 0. The highest BCUT2D eigenvalue weighted by molar-refractivity contribution is 5.69. The molecule has 0 heterocycles. The van der Waals surface area contributed by atoms with E-state index in [1.807, 2.05) is 0 Å². The van der Waals surface area contributed by atoms with Crippen molar-refractivity contribution in [2.75, 3.05) is 0 Å². The van der Waals surface area contributed by atoms with Gasteiger partial charge in [-0.05, 0) is 57.4 Å². The van der Waals surface area contributed by atoms with Crippen molar-refractivity contribution in [3.05, 3.63) is 48.6 Å². The lowest BCUT2D eigenvalue weighted by atomic mass is 10.0. The van der Waals surface area contributed by atoms with Crippen molar-refractivity contribution in [2.45, 2.75) is 213 Å². The lowest BCUT2D eigenvalue weighted by Crippen LogP contribution is -2.16. The van der Waals surface area contributed by atoms with Crippen LogP contribution in [0.4, 0.5) is 0 Å². The second-order valence-corrected chi connectivity index (χ2v) is 13.4. The van der Waals surface area contributed by atoms with E-state index in [-0.39, 0.29) is 18.5 Å². The van der Waals surface area contributed by atoms with Gasteiger partial charge < -0.3 is 9.84 Å². The van der Waals surface area contributed by atoms with E-state index in [9.17, 15) is 9.59 Å². The highest BCUT2D eigenvalue weighted by Crippen LogP contribution is 2.16. The second-order valence-electron chi connectivity index (χ2n) is 13.4. The van der Waals surface area contributed by atoms with Crippen LogP contribution in [0, 0.1) is 0 Å². The SMILES string of the molecule is CC/C=C\C/C=C\C/C=C\C/C=C\C(CCCCCCCC(=O)O)OC(=O)CCCCCCCCCCCCCCCCCCCC. The Bertz CT molecular complexity index is 794. The van der Waals surface area contributed by atoms with Crippen LogP contribution in [0.3, 0.4) is 0 Å². The number of ether oxygens (including phenoxy) is 1. The number of carbonyl (C=O) groups excluding carboxylic acids is 1. The molecule has 0 amide bonds. The molecule has 0 saturated heterocycles. The normalized spacial score (nSPS) is 12.7. The van der Waals surface area contributed by atoms with Crippen molar-refractivity contribution in [1.82, 2.24) is 0 Å². The average Bonchev–Trinajstić information content (AvgIpc) is 3.05. The van der Waals surface area contributed by atoms with Gasteiger partial charge in [0, 0.05) is 12.8 Å². The number of rotatable bonds is 36. The maximum Gasteiger partial charge on any atom is 0.306 e. The molecule has 272 valence electrons. The van der Waals surface area contributed by atoms with Gasteiger partial charge in [-0.15, -0.1) is 0 Å². The Morgan fingerprint density at radius 3 is 1.32 bits per heavy atom. The second kappa shape index (κ2) is 38.3. The first-order valence-electron chi connectivity index (χ1n) is 20.1. The fourth-order valence-corrected chi connectivity index (χ4v) is 5.86. The molecular formula is C43H76O4. The summed E-state index contributed by atoms with van der Waals surface area (Å²) in [6.07, 6.45) is 51.5. The third-order valence-electron chi connectivity index (χ3n) is 8.80. The molecular weight excluding hydrogens is 580 g/mol. The number of carboxylic acid groups (broad SMARTS) is 1. The molecule has 0 aromatic carbocycles. The average molecular weight is 657 g/mol. The van der Waals surface area contributed by atoms with Crippen LogP contribution in [0.25, 0.3) is 0 Å². The molecule has 0 radical (unpaired) electrons. The molecule has 1 unspecified atom stereocenters. The standard InChI is InChI=1S/C43H76O4/c1-3-5-7-9-11-13-15-16-17-18-19-20-21-23-25-27-32-36-40-43(46)47-41(38-34-30-28-31-35-39-42(44)45)37-33-29-26-24-22-14-12-10-8-6-4-2/h6,8,12,14,24,26,33,37,41H,3-5,7,9-11,13,15-23,25,27-32,34-36,38-40H2,1-2H3,(H,44,45)/b8-6-,14-12-,26-24-,37-33-. The Morgan fingerprint density at radius 1 is 0.489 bits per heavy atom. The number of allylic oxidation sites excluding steroid dienone is 7. The van der Waals surface area contributed by atoms with Gasteiger partial charge in [-0.3, -0.25) is 9.59 Å². The fourth-order valence-electron chi connectivity index (χ4n) is 5.86. The number of hydrogen-bond donors (Lipinski definition) is 1. The Kier molecular flexibility index (Phi) is 36.6. The third kappa shape index (κ3) is 38.2. The van der Waals surface area contributed by atoms with E-state index in [2.05, 4.69) is 62.5 Å². The number of carboxylic acids is 1. The Hall–Kier alpha value is -2.10. The summed E-state index contributed by atoms with van der Waals surface area (Å²) >= 11 is 0. The van der Waals surface area contributed by atoms with Gasteiger partial charge in [0.25, 0.3) is 0 Å². The van der Waals surface area contributed by atoms with Gasteiger partial charge in [0.15, 0.2) is 0 Å². The topological polar surface area (TPSA) is 63.6 Å². The molecule has 0 aromatic heterocycles. The Balaban J connectivity index is 4.06. The van der Waals surface area contributed by atoms with Crippen LogP contribution < -0.4 is 0 Å². The molecule has 0 saturated carbocycles. The van der Waals surface area contributed by atoms with E-state index in [1.165, 1.54) is 103 Å². The first kappa shape index (κ1) is 44.9. The van der Waals surface area contributed by atoms with Crippen LogP contribution in [-0.4, -0.2) is 23.1 Å². The smallest absolute Gasteiger partial charge is 0.306 e. The summed E-state index contributed by atoms with van der Waals surface area (Å²) in [7, 11) is 0. The van der Waals surface area contributed by atoms with Crippen molar-refractivity contribution < 1.29 is 19.4 Å². The summed E-state index contributed by atoms with van der Waals surface area (Å²) in [5.74, 6) is -0.790. The predicted octanol–water partition coefficient (Wildman–Crippen LogP) is 14.0. The summed E-state index contributed by atoms with van der Waals surface area (Å²) in [5.41, 5.74) is 0. The third-order valence-corrected chi connectivity index (χ3v) is 8.80. The molecule has 4 nitrogen and oxygen atoms in total. The van der Waals surface area contributed by atoms with E-state index in [4.69, 9.17) is 9.84 Å². The maximum absolute atomic E-state index is 12.6. The molecule has 0 rings (SSSR count). The van der Waals surface area contributed by atoms with Crippen molar-refractivity contribution in [3.8, 4) is 0 Å². The molecule has 0 spiro atoms. The minimum Gasteiger partial charge on any atom is -0.481 e. The summed E-state index contributed by atoms with van der Waals surface area (Å²) in [4.78, 5) is 23.3. The number of hydrogen-bond acceptors (Lipinski definition) is 3. The molecule has 0 aliphatic rings. The zero-order chi connectivity index (χ0) is 34.3. The number of unbranched alkanes of at least 4 members (excludes halogenated alkanes) is 21. The number of esters is 1. The predicted molar refractivity (Wildman–Crippen MR) is 204 cm³/mol. The van der Waals surface area contributed by atoms with Crippen molar-refractivity contribution in [2.24, 2.45) is 0 Å². The van der Waals surface area contributed by atoms with Gasteiger partial charge >= 0.3 is 11.9 Å². The van der Waals surface area contributed by atoms with Gasteiger partial charge in [-0.25, -0.2) is 0 Å². The Labute approximate surface area is 292 Å². The van der Waals surface area contributed by atoms with E-state index < -0.39 is 5.97 Å². The Morgan fingerprint density at radius 2 is 0.872 bits per heavy atom. The van der Waals surface area contributed by atoms with Crippen LogP contribution in [0.5, 0.6) is 0 Å². The summed E-state index contributed by atoms with van der Waals surface area (Å²) in [5, 5.41) is 8.81. The molecule has 47 heavy (non-hydrogen) atoms. The first-order valence-corrected chi connectivity index (χ1v) is 20.1. The van der Waals surface area contributed by atoms with E-state index in [1.54, 1.807) is 0 Å². The first-order chi connectivity index (χ1) is 23.1. The van der Waals surface area contributed by atoms with Gasteiger partial charge in [0.05, 0.1) is 0 Å². The minimum atomic E-state index is -0.717. The zero-order valence-corrected chi connectivity index (χ0v) is 31.1. The van der Waals surface area contributed by atoms with Gasteiger partial charge in [-0.2, -0.15) is 0 Å². The maximum atomic E-state index is 12.6. The highest BCUT2D eigenvalue weighted by atomic mass is 16.5. The summed E-state index contributed by atoms with van der Waals surface area (Å²) < 4.78 is 5.89. The number of carbonyl (C=O) groups is 2. The minimum absolute atomic E-state index is 0.0737. The molecule has 1 atom stereocenters. The molecule has 4 heteroatoms. The molecule has 0 fully saturated rings. The van der Waals surface area contributed by atoms with Crippen LogP contribution >= 0.6 is 0 Å². The zero-order valence-electron chi connectivity index (χ0n) is 31.1. The van der Waals surface area contributed by atoms with Gasteiger partial charge in [0.1, 0.15) is 6.10 Å². The molecule has 1 N–H and O–H groups in total. The van der Waals surface area contributed by atoms with Crippen LogP contribution in [0.1, 0.15) is 206 Å². The van der Waals surface area contributed by atoms with E-state index in [0.29, 0.717) is 6.42 Å². The largest absolute Gasteiger partial charge is 0.481 e. The lowest BCUT2D eigenvalue weighted by molar-refractivity contribution is -0.147. The van der Waals surface area contributed by atoms with E-state index in [0.717, 1.165) is 77.0 Å². The van der Waals surface area contributed by atoms with Gasteiger partial charge in [-0.1, -0.05) is 185 Å². The van der Waals surface area contributed by atoms with Crippen LogP contribution in [0.15, 0.2) is 48.6 Å². The van der Waals surface area contributed by atoms with Crippen LogP contribution in [-0.2, 0) is 14.3 Å².